The molecule has 3 rings (SSSR count). The molecule has 1 aliphatic carbocycles. The molecule has 1 heterocycles. The van der Waals surface area contributed by atoms with Gasteiger partial charge in [-0.3, -0.25) is 9.59 Å². The maximum atomic E-state index is 12.5. The fourth-order valence-electron chi connectivity index (χ4n) is 3.99. The van der Waals surface area contributed by atoms with Crippen molar-refractivity contribution in [2.45, 2.75) is 65.2 Å². The van der Waals surface area contributed by atoms with Crippen LogP contribution >= 0.6 is 0 Å². The fourth-order valence-corrected chi connectivity index (χ4v) is 3.99. The molecule has 1 aromatic carbocycles. The van der Waals surface area contributed by atoms with Crippen LogP contribution in [0, 0.1) is 5.92 Å². The lowest BCUT2D eigenvalue weighted by Gasteiger charge is -2.18. The zero-order valence-corrected chi connectivity index (χ0v) is 15.3. The predicted molar refractivity (Wildman–Crippen MR) is 103 cm³/mol. The quantitative estimate of drug-likeness (QED) is 0.809. The molecule has 4 nitrogen and oxygen atoms in total. The van der Waals surface area contributed by atoms with Crippen molar-refractivity contribution in [3.8, 4) is 0 Å². The summed E-state index contributed by atoms with van der Waals surface area (Å²) in [6.45, 7) is 4.22. The second-order valence-corrected chi connectivity index (χ2v) is 7.14. The molecule has 0 fully saturated rings. The largest absolute Gasteiger partial charge is 0.326 e. The van der Waals surface area contributed by atoms with Crippen molar-refractivity contribution in [1.82, 2.24) is 4.98 Å². The number of benzene rings is 1. The molecule has 0 atom stereocenters. The molecule has 1 amide bonds. The summed E-state index contributed by atoms with van der Waals surface area (Å²) in [5, 5.41) is 4.16. The lowest BCUT2D eigenvalue weighted by Crippen LogP contribution is -2.23. The Bertz CT molecular complexity index is 816. The first-order valence-electron chi connectivity index (χ1n) is 9.62. The van der Waals surface area contributed by atoms with Crippen molar-refractivity contribution in [1.29, 1.82) is 0 Å². The Labute approximate surface area is 149 Å². The van der Waals surface area contributed by atoms with E-state index >= 15 is 0 Å². The van der Waals surface area contributed by atoms with E-state index in [0.717, 1.165) is 73.5 Å². The number of H-pyrrole nitrogens is 1. The molecule has 2 aromatic rings. The number of aromatic nitrogens is 1. The summed E-state index contributed by atoms with van der Waals surface area (Å²) in [6, 6.07) is 5.90. The van der Waals surface area contributed by atoms with Crippen molar-refractivity contribution in [2.24, 2.45) is 5.92 Å². The summed E-state index contributed by atoms with van der Waals surface area (Å²) < 4.78 is 0. The first-order valence-corrected chi connectivity index (χ1v) is 9.62. The zero-order valence-electron chi connectivity index (χ0n) is 15.3. The minimum atomic E-state index is 0.0283. The van der Waals surface area contributed by atoms with Gasteiger partial charge in [0.2, 0.25) is 5.91 Å². The highest BCUT2D eigenvalue weighted by Gasteiger charge is 2.19. The Morgan fingerprint density at radius 2 is 1.80 bits per heavy atom. The van der Waals surface area contributed by atoms with Crippen LogP contribution in [0.15, 0.2) is 23.0 Å². The monoisotopic (exact) mass is 340 g/mol. The number of aryl methyl sites for hydroxylation is 1. The molecule has 0 aliphatic heterocycles. The number of hydrogen-bond donors (Lipinski definition) is 2. The third-order valence-electron chi connectivity index (χ3n) is 5.25. The van der Waals surface area contributed by atoms with Crippen LogP contribution in [0.1, 0.15) is 63.5 Å². The average molecular weight is 340 g/mol. The second kappa shape index (κ2) is 7.85. The van der Waals surface area contributed by atoms with Gasteiger partial charge in [0.15, 0.2) is 0 Å². The summed E-state index contributed by atoms with van der Waals surface area (Å²) in [7, 11) is 0. The predicted octanol–water partition coefficient (Wildman–Crippen LogP) is 4.56. The molecular formula is C21H28N2O2. The highest BCUT2D eigenvalue weighted by molar-refractivity contribution is 5.95. The van der Waals surface area contributed by atoms with Crippen LogP contribution in [0.25, 0.3) is 10.9 Å². The van der Waals surface area contributed by atoms with E-state index in [4.69, 9.17) is 0 Å². The third-order valence-corrected chi connectivity index (χ3v) is 5.25. The molecule has 2 N–H and O–H groups in total. The number of pyridine rings is 1. The Balaban J connectivity index is 1.89. The van der Waals surface area contributed by atoms with Crippen LogP contribution in [-0.4, -0.2) is 10.9 Å². The van der Waals surface area contributed by atoms with E-state index in [9.17, 15) is 9.59 Å². The van der Waals surface area contributed by atoms with Gasteiger partial charge in [0.05, 0.1) is 5.52 Å². The van der Waals surface area contributed by atoms with Gasteiger partial charge in [-0.2, -0.15) is 0 Å². The van der Waals surface area contributed by atoms with Gasteiger partial charge < -0.3 is 10.3 Å². The number of fused-ring (bicyclic) bond motifs is 3. The normalized spacial score (nSPS) is 13.9. The van der Waals surface area contributed by atoms with Gasteiger partial charge in [0, 0.05) is 22.6 Å². The van der Waals surface area contributed by atoms with Gasteiger partial charge in [-0.05, 0) is 56.2 Å². The number of amides is 1. The smallest absolute Gasteiger partial charge is 0.251 e. The third kappa shape index (κ3) is 3.78. The summed E-state index contributed by atoms with van der Waals surface area (Å²) in [5.41, 5.74) is 3.76. The molecule has 134 valence electrons. The zero-order chi connectivity index (χ0) is 17.8. The highest BCUT2D eigenvalue weighted by Crippen LogP contribution is 2.27. The summed E-state index contributed by atoms with van der Waals surface area (Å²) >= 11 is 0. The Hall–Kier alpha value is -2.10. The van der Waals surface area contributed by atoms with E-state index in [-0.39, 0.29) is 17.4 Å². The van der Waals surface area contributed by atoms with Gasteiger partial charge in [0.25, 0.3) is 5.56 Å². The van der Waals surface area contributed by atoms with E-state index in [1.165, 1.54) is 5.56 Å². The van der Waals surface area contributed by atoms with Crippen molar-refractivity contribution < 1.29 is 4.79 Å². The van der Waals surface area contributed by atoms with Gasteiger partial charge in [-0.25, -0.2) is 0 Å². The first-order chi connectivity index (χ1) is 12.1. The number of hydrogen-bond acceptors (Lipinski definition) is 2. The minimum absolute atomic E-state index is 0.0283. The van der Waals surface area contributed by atoms with Crippen molar-refractivity contribution in [3.63, 3.8) is 0 Å². The maximum Gasteiger partial charge on any atom is 0.251 e. The van der Waals surface area contributed by atoms with Crippen molar-refractivity contribution >= 4 is 22.5 Å². The molecule has 0 saturated heterocycles. The Morgan fingerprint density at radius 3 is 2.48 bits per heavy atom. The first kappa shape index (κ1) is 17.7. The van der Waals surface area contributed by atoms with Crippen LogP contribution in [-0.2, 0) is 17.6 Å². The summed E-state index contributed by atoms with van der Waals surface area (Å²) in [4.78, 5) is 27.9. The number of rotatable bonds is 6. The highest BCUT2D eigenvalue weighted by atomic mass is 16.2. The van der Waals surface area contributed by atoms with Crippen LogP contribution in [0.3, 0.4) is 0 Å². The lowest BCUT2D eigenvalue weighted by molar-refractivity contribution is -0.120. The molecule has 1 aliphatic rings. The fraction of sp³-hybridized carbons (Fsp3) is 0.524. The molecule has 0 bridgehead atoms. The molecule has 0 spiro atoms. The van der Waals surface area contributed by atoms with Gasteiger partial charge in [-0.15, -0.1) is 0 Å². The number of nitrogens with one attached hydrogen (secondary N) is 2. The lowest BCUT2D eigenvalue weighted by atomic mass is 9.90. The van der Waals surface area contributed by atoms with E-state index in [0.29, 0.717) is 0 Å². The van der Waals surface area contributed by atoms with Gasteiger partial charge >= 0.3 is 0 Å². The molecule has 4 heteroatoms. The standard InChI is InChI=1S/C21H28N2O2/c1-3-7-14(8-4-2)20(24)22-15-11-12-17-16-9-5-6-10-18(16)21(25)23-19(17)13-15/h11-14H,3-10H2,1-2H3,(H,22,24)(H,23,25). The van der Waals surface area contributed by atoms with E-state index in [2.05, 4.69) is 24.1 Å². The second-order valence-electron chi connectivity index (χ2n) is 7.14. The molecule has 0 saturated carbocycles. The molecule has 0 radical (unpaired) electrons. The number of carbonyl (C=O) groups is 1. The molecule has 1 aromatic heterocycles. The van der Waals surface area contributed by atoms with Gasteiger partial charge in [0.1, 0.15) is 0 Å². The van der Waals surface area contributed by atoms with E-state index < -0.39 is 0 Å². The molecule has 25 heavy (non-hydrogen) atoms. The Morgan fingerprint density at radius 1 is 1.12 bits per heavy atom. The number of anilines is 1. The van der Waals surface area contributed by atoms with E-state index in [1.54, 1.807) is 0 Å². The van der Waals surface area contributed by atoms with Crippen LogP contribution in [0.5, 0.6) is 0 Å². The number of carbonyl (C=O) groups excluding carboxylic acids is 1. The molecular weight excluding hydrogens is 312 g/mol. The van der Waals surface area contributed by atoms with Crippen LogP contribution in [0.4, 0.5) is 5.69 Å². The summed E-state index contributed by atoms with van der Waals surface area (Å²) in [6.07, 6.45) is 7.91. The van der Waals surface area contributed by atoms with Crippen LogP contribution in [0.2, 0.25) is 0 Å². The minimum Gasteiger partial charge on any atom is -0.326 e. The summed E-state index contributed by atoms with van der Waals surface area (Å²) in [5.74, 6) is 0.150. The van der Waals surface area contributed by atoms with Crippen LogP contribution < -0.4 is 10.9 Å². The topological polar surface area (TPSA) is 62.0 Å². The molecule has 0 unspecified atom stereocenters. The Kier molecular flexibility index (Phi) is 5.57. The van der Waals surface area contributed by atoms with Crippen molar-refractivity contribution in [2.75, 3.05) is 5.32 Å². The van der Waals surface area contributed by atoms with Crippen molar-refractivity contribution in [3.05, 3.63) is 39.7 Å². The number of aromatic amines is 1. The average Bonchev–Trinajstić information content (AvgIpc) is 2.61. The maximum absolute atomic E-state index is 12.5. The SMILES string of the molecule is CCCC(CCC)C(=O)Nc1ccc2c3c(c(=O)[nH]c2c1)CCCC3. The van der Waals surface area contributed by atoms with E-state index in [1.807, 2.05) is 18.2 Å². The van der Waals surface area contributed by atoms with Gasteiger partial charge in [-0.1, -0.05) is 32.8 Å².